The summed E-state index contributed by atoms with van der Waals surface area (Å²) >= 11 is 9.33. The smallest absolute Gasteiger partial charge is 0.252 e. The third kappa shape index (κ3) is 10.1. The number of benzene rings is 12. The van der Waals surface area contributed by atoms with Gasteiger partial charge in [0.25, 0.3) is 6.71 Å². The molecule has 2 aromatic heterocycles. The number of hydrogen-bond donors (Lipinski definition) is 0. The van der Waals surface area contributed by atoms with Crippen LogP contribution < -0.4 is 26.2 Å². The lowest BCUT2D eigenvalue weighted by molar-refractivity contribution is 0.569. The van der Waals surface area contributed by atoms with E-state index in [9.17, 15) is 0 Å². The van der Waals surface area contributed by atoms with E-state index in [-0.39, 0.29) is 34.2 Å². The SMILES string of the molecule is CC(C)(C)c1cc(-c2cc3c4c(c2)N(c2c(-c5cccc6oc7ccccc7c56)cc(C(C)(C)C)cc2-c2cccc5sc6ccccc6c25)c2cc(F)ccc2B4c2ccc(Cl)cc2N3c2c(-c3ccccc3)cc(C(C)(C)C)cc2-c2ccccc2)cc(C(C)(C)C)c1. The fourth-order valence-electron chi connectivity index (χ4n) is 14.9. The van der Waals surface area contributed by atoms with Crippen molar-refractivity contribution in [3.63, 3.8) is 0 Å². The summed E-state index contributed by atoms with van der Waals surface area (Å²) in [7, 11) is 0. The van der Waals surface area contributed by atoms with E-state index >= 15 is 4.39 Å². The van der Waals surface area contributed by atoms with Crippen molar-refractivity contribution in [3.8, 4) is 55.6 Å². The van der Waals surface area contributed by atoms with Gasteiger partial charge in [-0.25, -0.2) is 4.39 Å². The zero-order valence-electron chi connectivity index (χ0n) is 56.1. The van der Waals surface area contributed by atoms with E-state index in [1.54, 1.807) is 12.1 Å². The molecule has 0 atom stereocenters. The summed E-state index contributed by atoms with van der Waals surface area (Å²) in [6, 6.07) is 86.3. The largest absolute Gasteiger partial charge is 0.456 e. The molecule has 2 aliphatic heterocycles. The molecular formula is C88H75BClFN2OS. The zero-order valence-corrected chi connectivity index (χ0v) is 57.6. The summed E-state index contributed by atoms with van der Waals surface area (Å²) in [5.41, 5.74) is 25.1. The number of anilines is 6. The van der Waals surface area contributed by atoms with Gasteiger partial charge >= 0.3 is 0 Å². The molecule has 2 aliphatic rings. The van der Waals surface area contributed by atoms with E-state index in [1.165, 1.54) is 42.4 Å². The third-order valence-electron chi connectivity index (χ3n) is 19.9. The minimum atomic E-state index is -0.379. The van der Waals surface area contributed by atoms with E-state index in [0.29, 0.717) is 5.02 Å². The number of para-hydroxylation sites is 1. The standard InChI is InChI=1S/C88H75BClFN2OS/c1-85(2,3)56-41-54(42-57(45-56)86(4,5)6)55-43-74-82-75(44-55)93(84-68(62-31-23-34-77-80(62)64-29-19-21-33-76(64)94-77)48-59(88(10,11)12)49-69(84)63-32-24-36-79-81(63)65-30-20-22-35-78(65)95-79)73-51-61(91)38-40-71(73)89(82)70-39-37-60(90)50-72(70)92(74)83-66(52-25-15-13-16-26-52)46-58(87(7,8)9)47-67(83)53-27-17-14-18-28-53/h13-51H,1-12H3. The molecular weight excluding hydrogens is 1200 g/mol. The quantitative estimate of drug-likeness (QED) is 0.148. The maximum absolute atomic E-state index is 17.6. The van der Waals surface area contributed by atoms with Crippen molar-refractivity contribution >= 4 is 122 Å². The highest BCUT2D eigenvalue weighted by Gasteiger charge is 2.46. The molecule has 0 fully saturated rings. The highest BCUT2D eigenvalue weighted by molar-refractivity contribution is 7.26. The van der Waals surface area contributed by atoms with Crippen LogP contribution in [0.2, 0.25) is 5.02 Å². The van der Waals surface area contributed by atoms with Crippen LogP contribution in [0.1, 0.15) is 105 Å². The highest BCUT2D eigenvalue weighted by atomic mass is 35.5. The van der Waals surface area contributed by atoms with Crippen LogP contribution in [-0.4, -0.2) is 6.71 Å². The van der Waals surface area contributed by atoms with Gasteiger partial charge in [-0.05, 0) is 179 Å². The summed E-state index contributed by atoms with van der Waals surface area (Å²) in [6.07, 6.45) is 0. The molecule has 4 heterocycles. The van der Waals surface area contributed by atoms with E-state index in [2.05, 4.69) is 305 Å². The van der Waals surface area contributed by atoms with Crippen molar-refractivity contribution in [1.29, 1.82) is 0 Å². The molecule has 0 saturated heterocycles. The van der Waals surface area contributed by atoms with Gasteiger partial charge in [-0.15, -0.1) is 11.3 Å². The van der Waals surface area contributed by atoms with Crippen LogP contribution in [-0.2, 0) is 21.7 Å². The minimum absolute atomic E-state index is 0.193. The molecule has 16 rings (SSSR count). The van der Waals surface area contributed by atoms with Crippen LogP contribution in [0.4, 0.5) is 38.5 Å². The van der Waals surface area contributed by atoms with Crippen LogP contribution in [0, 0.1) is 5.82 Å². The molecule has 0 N–H and O–H groups in total. The lowest BCUT2D eigenvalue weighted by atomic mass is 9.33. The first-order valence-corrected chi connectivity index (χ1v) is 34.5. The number of furan rings is 1. The maximum atomic E-state index is 17.6. The number of rotatable bonds is 7. The first-order chi connectivity index (χ1) is 45.5. The van der Waals surface area contributed by atoms with Crippen LogP contribution in [0.3, 0.4) is 0 Å². The van der Waals surface area contributed by atoms with Crippen LogP contribution in [0.5, 0.6) is 0 Å². The van der Waals surface area contributed by atoms with Crippen LogP contribution in [0.15, 0.2) is 241 Å². The normalized spacial score (nSPS) is 13.3. The van der Waals surface area contributed by atoms with Gasteiger partial charge in [0.1, 0.15) is 17.0 Å². The number of hydrogen-bond acceptors (Lipinski definition) is 4. The topological polar surface area (TPSA) is 19.6 Å². The third-order valence-corrected chi connectivity index (χ3v) is 21.3. The molecule has 7 heteroatoms. The second-order valence-corrected chi connectivity index (χ2v) is 31.9. The van der Waals surface area contributed by atoms with Crippen molar-refractivity contribution < 1.29 is 8.81 Å². The van der Waals surface area contributed by atoms with Crippen LogP contribution >= 0.6 is 22.9 Å². The molecule has 95 heavy (non-hydrogen) atoms. The van der Waals surface area contributed by atoms with Crippen molar-refractivity contribution in [3.05, 3.63) is 270 Å². The first-order valence-electron chi connectivity index (χ1n) is 33.3. The Morgan fingerprint density at radius 1 is 0.358 bits per heavy atom. The number of halogens is 2. The Kier molecular flexibility index (Phi) is 14.0. The van der Waals surface area contributed by atoms with Crippen molar-refractivity contribution in [2.45, 2.75) is 105 Å². The van der Waals surface area contributed by atoms with Gasteiger partial charge < -0.3 is 14.2 Å². The summed E-state index contributed by atoms with van der Waals surface area (Å²) in [4.78, 5) is 5.04. The Hall–Kier alpha value is -9.46. The zero-order chi connectivity index (χ0) is 65.8. The van der Waals surface area contributed by atoms with E-state index in [4.69, 9.17) is 16.0 Å². The highest BCUT2D eigenvalue weighted by Crippen LogP contribution is 2.57. The molecule has 0 bridgehead atoms. The molecule has 12 aromatic carbocycles. The van der Waals surface area contributed by atoms with Gasteiger partial charge in [-0.2, -0.15) is 0 Å². The number of thiophene rings is 1. The second kappa shape index (κ2) is 22.1. The summed E-state index contributed by atoms with van der Waals surface area (Å²) in [5, 5.41) is 5.06. The lowest BCUT2D eigenvalue weighted by Crippen LogP contribution is -2.61. The van der Waals surface area contributed by atoms with Crippen molar-refractivity contribution in [1.82, 2.24) is 0 Å². The molecule has 0 spiro atoms. The summed E-state index contributed by atoms with van der Waals surface area (Å²) in [6.45, 7) is 27.4. The van der Waals surface area contributed by atoms with Gasteiger partial charge in [-0.1, -0.05) is 246 Å². The van der Waals surface area contributed by atoms with Crippen LogP contribution in [0.25, 0.3) is 97.7 Å². The molecule has 0 aliphatic carbocycles. The van der Waals surface area contributed by atoms with E-state index in [0.717, 1.165) is 128 Å². The van der Waals surface area contributed by atoms with Gasteiger partial charge in [-0.3, -0.25) is 0 Å². The fourth-order valence-corrected chi connectivity index (χ4v) is 16.2. The lowest BCUT2D eigenvalue weighted by Gasteiger charge is -2.46. The molecule has 466 valence electrons. The predicted octanol–water partition coefficient (Wildman–Crippen LogP) is 24.4. The number of nitrogens with zero attached hydrogens (tertiary/aromatic N) is 2. The molecule has 0 unspecified atom stereocenters. The minimum Gasteiger partial charge on any atom is -0.456 e. The van der Waals surface area contributed by atoms with Gasteiger partial charge in [0.2, 0.25) is 0 Å². The monoisotopic (exact) mass is 1270 g/mol. The Morgan fingerprint density at radius 2 is 0.811 bits per heavy atom. The van der Waals surface area contributed by atoms with Gasteiger partial charge in [0.05, 0.1) is 11.4 Å². The Morgan fingerprint density at radius 3 is 1.40 bits per heavy atom. The Bertz CT molecular complexity index is 5230. The first kappa shape index (κ1) is 60.5. The average molecular weight is 1270 g/mol. The summed E-state index contributed by atoms with van der Waals surface area (Å²) in [5.74, 6) is -0.322. The molecule has 3 nitrogen and oxygen atoms in total. The van der Waals surface area contributed by atoms with Crippen molar-refractivity contribution in [2.24, 2.45) is 0 Å². The fraction of sp³-hybridized carbons (Fsp3) is 0.182. The Labute approximate surface area is 567 Å². The van der Waals surface area contributed by atoms with E-state index in [1.807, 2.05) is 23.5 Å². The maximum Gasteiger partial charge on any atom is 0.252 e. The summed E-state index contributed by atoms with van der Waals surface area (Å²) < 4.78 is 26.9. The molecule has 0 amide bonds. The predicted molar refractivity (Wildman–Crippen MR) is 408 cm³/mol. The van der Waals surface area contributed by atoms with Gasteiger partial charge in [0, 0.05) is 81.0 Å². The second-order valence-electron chi connectivity index (χ2n) is 30.4. The number of fused-ring (bicyclic) bond motifs is 10. The van der Waals surface area contributed by atoms with E-state index < -0.39 is 0 Å². The molecule has 14 aromatic rings. The Balaban J connectivity index is 1.14. The molecule has 0 radical (unpaired) electrons. The average Bonchev–Trinajstić information content (AvgIpc) is 1.09. The van der Waals surface area contributed by atoms with Gasteiger partial charge in [0.15, 0.2) is 0 Å². The molecule has 0 saturated carbocycles. The van der Waals surface area contributed by atoms with Crippen molar-refractivity contribution in [2.75, 3.05) is 9.80 Å².